The first-order valence-electron chi connectivity index (χ1n) is 7.17. The highest BCUT2D eigenvalue weighted by Gasteiger charge is 2.12. The first-order valence-corrected chi connectivity index (χ1v) is 7.17. The zero-order chi connectivity index (χ0) is 14.3. The largest absolute Gasteiger partial charge is 0.377 e. The van der Waals surface area contributed by atoms with E-state index in [0.717, 1.165) is 12.1 Å². The van der Waals surface area contributed by atoms with Gasteiger partial charge in [-0.1, -0.05) is 60.7 Å². The van der Waals surface area contributed by atoms with Gasteiger partial charge in [-0.25, -0.2) is 0 Å². The fourth-order valence-corrected chi connectivity index (χ4v) is 2.44. The Kier molecular flexibility index (Phi) is 4.27. The van der Waals surface area contributed by atoms with Gasteiger partial charge in [0.05, 0.1) is 11.7 Å². The van der Waals surface area contributed by atoms with Crippen molar-refractivity contribution >= 4 is 5.69 Å². The molecule has 3 rings (SSSR count). The second-order valence-electron chi connectivity index (χ2n) is 5.04. The molecule has 1 heterocycles. The standard InChI is InChI=1S/C19H18N2/c1-3-8-16(9-4-1)14-19(17-10-5-2-6-11-17)21-18-12-7-13-20-15-18/h1-13,15,19,21H,14H2/t19-/m0/s1. The number of hydrogen-bond acceptors (Lipinski definition) is 2. The third kappa shape index (κ3) is 3.69. The summed E-state index contributed by atoms with van der Waals surface area (Å²) in [6.07, 6.45) is 4.60. The molecule has 2 nitrogen and oxygen atoms in total. The number of anilines is 1. The lowest BCUT2D eigenvalue weighted by Crippen LogP contribution is -2.13. The van der Waals surface area contributed by atoms with E-state index in [1.807, 2.05) is 24.4 Å². The van der Waals surface area contributed by atoms with E-state index >= 15 is 0 Å². The van der Waals surface area contributed by atoms with E-state index in [9.17, 15) is 0 Å². The van der Waals surface area contributed by atoms with Crippen molar-refractivity contribution in [3.63, 3.8) is 0 Å². The minimum Gasteiger partial charge on any atom is -0.377 e. The quantitative estimate of drug-likeness (QED) is 0.742. The van der Waals surface area contributed by atoms with Crippen LogP contribution < -0.4 is 5.32 Å². The Balaban J connectivity index is 1.84. The number of rotatable bonds is 5. The molecule has 0 aliphatic rings. The van der Waals surface area contributed by atoms with Gasteiger partial charge in [0.25, 0.3) is 0 Å². The topological polar surface area (TPSA) is 24.9 Å². The number of benzene rings is 2. The lowest BCUT2D eigenvalue weighted by atomic mass is 9.98. The van der Waals surface area contributed by atoms with Gasteiger partial charge in [-0.05, 0) is 29.7 Å². The van der Waals surface area contributed by atoms with E-state index in [1.54, 1.807) is 6.20 Å². The highest BCUT2D eigenvalue weighted by atomic mass is 14.9. The van der Waals surface area contributed by atoms with E-state index in [0.29, 0.717) is 0 Å². The lowest BCUT2D eigenvalue weighted by molar-refractivity contribution is 0.775. The van der Waals surface area contributed by atoms with E-state index < -0.39 is 0 Å². The number of hydrogen-bond donors (Lipinski definition) is 1. The highest BCUT2D eigenvalue weighted by Crippen LogP contribution is 2.23. The average molecular weight is 274 g/mol. The van der Waals surface area contributed by atoms with Gasteiger partial charge in [0.2, 0.25) is 0 Å². The van der Waals surface area contributed by atoms with Gasteiger partial charge in [0.1, 0.15) is 0 Å². The van der Waals surface area contributed by atoms with E-state index in [4.69, 9.17) is 0 Å². The minimum absolute atomic E-state index is 0.234. The molecule has 2 aromatic carbocycles. The van der Waals surface area contributed by atoms with E-state index in [2.05, 4.69) is 64.9 Å². The van der Waals surface area contributed by atoms with Crippen LogP contribution in [0.5, 0.6) is 0 Å². The molecule has 0 amide bonds. The summed E-state index contributed by atoms with van der Waals surface area (Å²) < 4.78 is 0. The highest BCUT2D eigenvalue weighted by molar-refractivity contribution is 5.43. The molecular weight excluding hydrogens is 256 g/mol. The molecule has 2 heteroatoms. The first kappa shape index (κ1) is 13.4. The summed E-state index contributed by atoms with van der Waals surface area (Å²) in [6.45, 7) is 0. The molecule has 0 aliphatic heterocycles. The van der Waals surface area contributed by atoms with Crippen molar-refractivity contribution in [1.82, 2.24) is 4.98 Å². The van der Waals surface area contributed by atoms with Crippen LogP contribution in [0, 0.1) is 0 Å². The molecule has 0 saturated carbocycles. The van der Waals surface area contributed by atoms with Gasteiger partial charge in [-0.15, -0.1) is 0 Å². The summed E-state index contributed by atoms with van der Waals surface area (Å²) in [4.78, 5) is 4.18. The van der Waals surface area contributed by atoms with Gasteiger partial charge in [-0.2, -0.15) is 0 Å². The summed E-state index contributed by atoms with van der Waals surface area (Å²) in [5.41, 5.74) is 3.65. The zero-order valence-electron chi connectivity index (χ0n) is 11.8. The van der Waals surface area contributed by atoms with Crippen molar-refractivity contribution in [2.75, 3.05) is 5.32 Å². The van der Waals surface area contributed by atoms with E-state index in [1.165, 1.54) is 11.1 Å². The van der Waals surface area contributed by atoms with Crippen LogP contribution in [0.15, 0.2) is 85.2 Å². The van der Waals surface area contributed by atoms with Crippen LogP contribution in [-0.2, 0) is 6.42 Å². The summed E-state index contributed by atoms with van der Waals surface area (Å²) in [6, 6.07) is 25.3. The average Bonchev–Trinajstić information content (AvgIpc) is 2.57. The maximum absolute atomic E-state index is 4.18. The van der Waals surface area contributed by atoms with Crippen molar-refractivity contribution in [3.05, 3.63) is 96.3 Å². The molecule has 0 fully saturated rings. The minimum atomic E-state index is 0.234. The fourth-order valence-electron chi connectivity index (χ4n) is 2.44. The van der Waals surface area contributed by atoms with Gasteiger partial charge < -0.3 is 5.32 Å². The maximum atomic E-state index is 4.18. The molecule has 0 radical (unpaired) electrons. The monoisotopic (exact) mass is 274 g/mol. The SMILES string of the molecule is c1ccc(C[C@H](Nc2cccnc2)c2ccccc2)cc1. The molecule has 0 unspecified atom stereocenters. The predicted octanol–water partition coefficient (Wildman–Crippen LogP) is 4.48. The Morgan fingerprint density at radius 1 is 0.810 bits per heavy atom. The molecular formula is C19H18N2. The Morgan fingerprint density at radius 3 is 2.19 bits per heavy atom. The molecule has 0 spiro atoms. The number of nitrogens with one attached hydrogen (secondary N) is 1. The molecule has 1 atom stereocenters. The first-order chi connectivity index (χ1) is 10.4. The van der Waals surface area contributed by atoms with Crippen molar-refractivity contribution in [2.24, 2.45) is 0 Å². The lowest BCUT2D eigenvalue weighted by Gasteiger charge is -2.20. The maximum Gasteiger partial charge on any atom is 0.0554 e. The van der Waals surface area contributed by atoms with Crippen LogP contribution in [0.4, 0.5) is 5.69 Å². The van der Waals surface area contributed by atoms with Gasteiger partial charge in [-0.3, -0.25) is 4.98 Å². The zero-order valence-corrected chi connectivity index (χ0v) is 11.8. The van der Waals surface area contributed by atoms with Crippen molar-refractivity contribution < 1.29 is 0 Å². The van der Waals surface area contributed by atoms with Crippen LogP contribution >= 0.6 is 0 Å². The number of aromatic nitrogens is 1. The van der Waals surface area contributed by atoms with Crippen LogP contribution in [0.2, 0.25) is 0 Å². The number of nitrogens with zero attached hydrogens (tertiary/aromatic N) is 1. The van der Waals surface area contributed by atoms with Crippen LogP contribution in [0.1, 0.15) is 17.2 Å². The molecule has 1 N–H and O–H groups in total. The normalized spacial score (nSPS) is 11.8. The second-order valence-corrected chi connectivity index (χ2v) is 5.04. The molecule has 21 heavy (non-hydrogen) atoms. The molecule has 0 saturated heterocycles. The Hall–Kier alpha value is -2.61. The second kappa shape index (κ2) is 6.71. The smallest absolute Gasteiger partial charge is 0.0554 e. The molecule has 0 aliphatic carbocycles. The molecule has 0 bridgehead atoms. The van der Waals surface area contributed by atoms with E-state index in [-0.39, 0.29) is 6.04 Å². The summed E-state index contributed by atoms with van der Waals surface area (Å²) in [5.74, 6) is 0. The van der Waals surface area contributed by atoms with Crippen molar-refractivity contribution in [3.8, 4) is 0 Å². The third-order valence-corrected chi connectivity index (χ3v) is 3.49. The summed E-state index contributed by atoms with van der Waals surface area (Å²) in [7, 11) is 0. The van der Waals surface area contributed by atoms with Crippen molar-refractivity contribution in [2.45, 2.75) is 12.5 Å². The third-order valence-electron chi connectivity index (χ3n) is 3.49. The predicted molar refractivity (Wildman–Crippen MR) is 87.2 cm³/mol. The summed E-state index contributed by atoms with van der Waals surface area (Å²) >= 11 is 0. The Labute approximate surface area is 125 Å². The molecule has 104 valence electrons. The van der Waals surface area contributed by atoms with Gasteiger partial charge in [0, 0.05) is 12.4 Å². The van der Waals surface area contributed by atoms with Crippen LogP contribution in [0.3, 0.4) is 0 Å². The van der Waals surface area contributed by atoms with Crippen LogP contribution in [0.25, 0.3) is 0 Å². The Bertz CT molecular complexity index is 609. The van der Waals surface area contributed by atoms with Crippen LogP contribution in [-0.4, -0.2) is 4.98 Å². The van der Waals surface area contributed by atoms with Gasteiger partial charge >= 0.3 is 0 Å². The van der Waals surface area contributed by atoms with Gasteiger partial charge in [0.15, 0.2) is 0 Å². The Morgan fingerprint density at radius 2 is 1.52 bits per heavy atom. The molecule has 3 aromatic rings. The fraction of sp³-hybridized carbons (Fsp3) is 0.105. The van der Waals surface area contributed by atoms with Crippen molar-refractivity contribution in [1.29, 1.82) is 0 Å². The molecule has 1 aromatic heterocycles. The summed E-state index contributed by atoms with van der Waals surface area (Å²) in [5, 5.41) is 3.58. The number of pyridine rings is 1.